The fraction of sp³-hybridized carbons (Fsp3) is 0.800. The minimum absolute atomic E-state index is 0. The molecule has 0 radical (unpaired) electrons. The fourth-order valence-electron chi connectivity index (χ4n) is 0.897. The van der Waals surface area contributed by atoms with Crippen molar-refractivity contribution >= 4 is 16.1 Å². The maximum Gasteiger partial charge on any atom is 1.00 e. The Morgan fingerprint density at radius 3 is 2.42 bits per heavy atom. The van der Waals surface area contributed by atoms with E-state index in [1.807, 2.05) is 0 Å². The molecular weight excluding hydrogens is 211 g/mol. The van der Waals surface area contributed by atoms with Gasteiger partial charge in [-0.25, -0.2) is 8.42 Å². The van der Waals surface area contributed by atoms with Gasteiger partial charge in [0.15, 0.2) is 0 Å². The molecule has 7 heteroatoms. The van der Waals surface area contributed by atoms with Crippen molar-refractivity contribution in [3.63, 3.8) is 0 Å². The number of ether oxygens (including phenoxy) is 1. The predicted octanol–water partition coefficient (Wildman–Crippen LogP) is -3.76. The molecule has 1 atom stereocenters. The van der Waals surface area contributed by atoms with Gasteiger partial charge in [-0.1, -0.05) is 0 Å². The van der Waals surface area contributed by atoms with Gasteiger partial charge in [0.25, 0.3) is 0 Å². The Hall–Kier alpha value is 1.02. The zero-order valence-electron chi connectivity index (χ0n) is 6.65. The summed E-state index contributed by atoms with van der Waals surface area (Å²) >= 11 is 0. The van der Waals surface area contributed by atoms with Crippen LogP contribution in [0.1, 0.15) is 12.8 Å². The molecule has 0 amide bonds. The molecule has 12 heavy (non-hydrogen) atoms. The molecular formula is C5H7KO5S. The number of hydrogen-bond acceptors (Lipinski definition) is 5. The van der Waals surface area contributed by atoms with Gasteiger partial charge in [0.1, 0.15) is 0 Å². The summed E-state index contributed by atoms with van der Waals surface area (Å²) in [6.45, 7) is 0.0327. The van der Waals surface area contributed by atoms with Gasteiger partial charge >= 0.3 is 57.4 Å². The quantitative estimate of drug-likeness (QED) is 0.256. The molecule has 64 valence electrons. The molecule has 1 unspecified atom stereocenters. The summed E-state index contributed by atoms with van der Waals surface area (Å²) in [6, 6.07) is 0. The molecule has 1 fully saturated rings. The van der Waals surface area contributed by atoms with Crippen LogP contribution in [0.5, 0.6) is 0 Å². The van der Waals surface area contributed by atoms with Gasteiger partial charge in [-0.15, -0.1) is 0 Å². The molecule has 0 N–H and O–H groups in total. The van der Waals surface area contributed by atoms with Gasteiger partial charge in [-0.3, -0.25) is 4.79 Å². The number of rotatable bonds is 1. The Balaban J connectivity index is 0.00000121. The minimum atomic E-state index is -4.31. The van der Waals surface area contributed by atoms with Crippen molar-refractivity contribution in [1.29, 1.82) is 0 Å². The Morgan fingerprint density at radius 2 is 2.08 bits per heavy atom. The molecule has 0 spiro atoms. The van der Waals surface area contributed by atoms with Gasteiger partial charge in [0, 0.05) is 0 Å². The van der Waals surface area contributed by atoms with E-state index in [4.69, 9.17) is 0 Å². The second-order valence-electron chi connectivity index (χ2n) is 2.33. The van der Waals surface area contributed by atoms with Crippen molar-refractivity contribution in [2.24, 2.45) is 0 Å². The zero-order valence-corrected chi connectivity index (χ0v) is 10.6. The number of carbonyl (C=O) groups is 1. The van der Waals surface area contributed by atoms with Crippen LogP contribution >= 0.6 is 0 Å². The average Bonchev–Trinajstić information content (AvgIpc) is 1.86. The van der Waals surface area contributed by atoms with Crippen LogP contribution in [0.2, 0.25) is 0 Å². The normalized spacial score (nSPS) is 24.1. The second-order valence-corrected chi connectivity index (χ2v) is 3.98. The first kappa shape index (κ1) is 13.0. The van der Waals surface area contributed by atoms with Crippen LogP contribution in [-0.4, -0.2) is 30.8 Å². The molecule has 1 heterocycles. The monoisotopic (exact) mass is 218 g/mol. The van der Waals surface area contributed by atoms with Gasteiger partial charge in [-0.05, 0) is 6.42 Å². The largest absolute Gasteiger partial charge is 1.00 e. The summed E-state index contributed by atoms with van der Waals surface area (Å²) in [7, 11) is -4.31. The van der Waals surface area contributed by atoms with Gasteiger partial charge in [0.2, 0.25) is 0 Å². The van der Waals surface area contributed by atoms with E-state index >= 15 is 0 Å². The molecule has 0 aromatic rings. The van der Waals surface area contributed by atoms with E-state index in [1.54, 1.807) is 0 Å². The van der Waals surface area contributed by atoms with Gasteiger partial charge in [-0.2, -0.15) is 0 Å². The van der Waals surface area contributed by atoms with Crippen molar-refractivity contribution in [2.75, 3.05) is 6.61 Å². The van der Waals surface area contributed by atoms with E-state index in [-0.39, 0.29) is 70.8 Å². The van der Waals surface area contributed by atoms with Crippen LogP contribution in [0.15, 0.2) is 0 Å². The Morgan fingerprint density at radius 1 is 1.50 bits per heavy atom. The molecule has 5 nitrogen and oxygen atoms in total. The summed E-state index contributed by atoms with van der Waals surface area (Å²) in [5.74, 6) is -0.610. The fourth-order valence-corrected chi connectivity index (χ4v) is 1.62. The third-order valence-corrected chi connectivity index (χ3v) is 2.72. The van der Waals surface area contributed by atoms with Crippen molar-refractivity contribution in [2.45, 2.75) is 18.1 Å². The Labute approximate surface area is 113 Å². The maximum atomic E-state index is 10.5. The van der Waals surface area contributed by atoms with E-state index in [2.05, 4.69) is 4.74 Å². The molecule has 0 saturated carbocycles. The van der Waals surface area contributed by atoms with Crippen LogP contribution in [-0.2, 0) is 19.6 Å². The smallest absolute Gasteiger partial charge is 0.748 e. The predicted molar refractivity (Wildman–Crippen MR) is 33.7 cm³/mol. The summed E-state index contributed by atoms with van der Waals surface area (Å²) in [4.78, 5) is 10.5. The molecule has 0 aromatic carbocycles. The van der Waals surface area contributed by atoms with Crippen molar-refractivity contribution in [3.05, 3.63) is 0 Å². The van der Waals surface area contributed by atoms with E-state index in [0.29, 0.717) is 0 Å². The van der Waals surface area contributed by atoms with Gasteiger partial charge < -0.3 is 9.29 Å². The number of carbonyl (C=O) groups excluding carboxylic acids is 1. The third kappa shape index (κ3) is 3.82. The molecule has 0 bridgehead atoms. The summed E-state index contributed by atoms with van der Waals surface area (Å²) in [5.41, 5.74) is 0. The van der Waals surface area contributed by atoms with Crippen molar-refractivity contribution in [1.82, 2.24) is 0 Å². The first-order valence-electron chi connectivity index (χ1n) is 3.10. The Kier molecular flexibility index (Phi) is 5.46. The maximum absolute atomic E-state index is 10.5. The summed E-state index contributed by atoms with van der Waals surface area (Å²) in [6.07, 6.45) is -0.177. The van der Waals surface area contributed by atoms with Crippen LogP contribution in [0.3, 0.4) is 0 Å². The van der Waals surface area contributed by atoms with E-state index < -0.39 is 21.3 Å². The van der Waals surface area contributed by atoms with Crippen LogP contribution in [0.25, 0.3) is 0 Å². The zero-order chi connectivity index (χ0) is 8.48. The van der Waals surface area contributed by atoms with Crippen LogP contribution < -0.4 is 51.4 Å². The van der Waals surface area contributed by atoms with Crippen molar-refractivity contribution < 1.29 is 73.9 Å². The first-order valence-corrected chi connectivity index (χ1v) is 4.57. The van der Waals surface area contributed by atoms with Crippen LogP contribution in [0.4, 0.5) is 0 Å². The van der Waals surface area contributed by atoms with E-state index in [9.17, 15) is 17.8 Å². The SMILES string of the molecule is O=C1CC(S(=O)(=O)[O-])CCO1.[K+]. The summed E-state index contributed by atoms with van der Waals surface area (Å²) < 4.78 is 35.6. The standard InChI is InChI=1S/C5H8O5S.K/c6-5-3-4(1-2-10-5)11(7,8)9;/h4H,1-3H2,(H,7,8,9);/q;+1/p-1. The number of hydrogen-bond donors (Lipinski definition) is 0. The number of esters is 1. The molecule has 1 aliphatic rings. The Bertz CT molecular complexity index is 259. The number of cyclic esters (lactones) is 1. The molecule has 0 aliphatic carbocycles. The third-order valence-electron chi connectivity index (χ3n) is 1.51. The van der Waals surface area contributed by atoms with E-state index in [1.165, 1.54) is 0 Å². The van der Waals surface area contributed by atoms with Crippen LogP contribution in [0, 0.1) is 0 Å². The average molecular weight is 218 g/mol. The topological polar surface area (TPSA) is 83.5 Å². The van der Waals surface area contributed by atoms with E-state index in [0.717, 1.165) is 0 Å². The van der Waals surface area contributed by atoms with Gasteiger partial charge in [0.05, 0.1) is 28.4 Å². The summed E-state index contributed by atoms with van der Waals surface area (Å²) in [5, 5.41) is -1.08. The molecule has 1 aliphatic heterocycles. The first-order chi connectivity index (χ1) is 5.00. The molecule has 1 saturated heterocycles. The van der Waals surface area contributed by atoms with Crippen molar-refractivity contribution in [3.8, 4) is 0 Å². The minimum Gasteiger partial charge on any atom is -0.748 e. The second kappa shape index (κ2) is 5.04. The molecule has 1 rings (SSSR count). The molecule has 0 aromatic heterocycles.